The van der Waals surface area contributed by atoms with Gasteiger partial charge in [0.2, 0.25) is 0 Å². The average molecular weight is 259 g/mol. The summed E-state index contributed by atoms with van der Waals surface area (Å²) in [6.07, 6.45) is 2.45. The second-order valence-electron chi connectivity index (χ2n) is 3.57. The lowest BCUT2D eigenvalue weighted by atomic mass is 10.1. The fourth-order valence-corrected chi connectivity index (χ4v) is 1.82. The zero-order valence-electron chi connectivity index (χ0n) is 9.25. The molecule has 0 saturated carbocycles. The van der Waals surface area contributed by atoms with E-state index >= 15 is 0 Å². The van der Waals surface area contributed by atoms with E-state index in [4.69, 9.17) is 5.11 Å². The zero-order chi connectivity index (χ0) is 12.8. The van der Waals surface area contributed by atoms with Crippen LogP contribution in [0.2, 0.25) is 0 Å². The zero-order valence-corrected chi connectivity index (χ0v) is 10.1. The van der Waals surface area contributed by atoms with Gasteiger partial charge in [0.05, 0.1) is 10.8 Å². The summed E-state index contributed by atoms with van der Waals surface area (Å²) in [7, 11) is 0. The van der Waals surface area contributed by atoms with Crippen molar-refractivity contribution in [2.75, 3.05) is 11.9 Å². The lowest BCUT2D eigenvalue weighted by Crippen LogP contribution is -2.11. The Morgan fingerprint density at radius 2 is 2.47 bits per heavy atom. The standard InChI is InChI=1S/C9H13N3O4S/c1-6(8(13)14)3-2-4-10-9-11-5-7(17-9)12(15)16/h5-6H,2-4H2,1H3,(H,10,11)(H,13,14). The second-order valence-corrected chi connectivity index (χ2v) is 4.58. The summed E-state index contributed by atoms with van der Waals surface area (Å²) in [6.45, 7) is 2.21. The maximum Gasteiger partial charge on any atom is 0.345 e. The molecular formula is C9H13N3O4S. The maximum absolute atomic E-state index is 10.5. The van der Waals surface area contributed by atoms with Gasteiger partial charge in [-0.25, -0.2) is 4.98 Å². The minimum atomic E-state index is -0.810. The van der Waals surface area contributed by atoms with E-state index in [2.05, 4.69) is 10.3 Å². The Hall–Kier alpha value is -1.70. The first-order valence-corrected chi connectivity index (χ1v) is 5.89. The predicted octanol–water partition coefficient (Wildman–Crippen LogP) is 1.96. The Balaban J connectivity index is 2.26. The summed E-state index contributed by atoms with van der Waals surface area (Å²) in [6, 6.07) is 0. The molecule has 0 bridgehead atoms. The molecular weight excluding hydrogens is 246 g/mol. The molecule has 0 aliphatic carbocycles. The molecule has 1 rings (SSSR count). The highest BCUT2D eigenvalue weighted by Gasteiger charge is 2.12. The van der Waals surface area contributed by atoms with Gasteiger partial charge in [-0.05, 0) is 24.2 Å². The summed E-state index contributed by atoms with van der Waals surface area (Å²) in [5, 5.41) is 22.5. The number of carbonyl (C=O) groups is 1. The Labute approximate surface area is 102 Å². The van der Waals surface area contributed by atoms with Gasteiger partial charge in [0.1, 0.15) is 6.20 Å². The van der Waals surface area contributed by atoms with Crippen LogP contribution in [0.4, 0.5) is 10.1 Å². The highest BCUT2D eigenvalue weighted by atomic mass is 32.1. The molecule has 0 aliphatic heterocycles. The smallest absolute Gasteiger partial charge is 0.345 e. The molecule has 94 valence electrons. The molecule has 17 heavy (non-hydrogen) atoms. The number of aromatic nitrogens is 1. The van der Waals surface area contributed by atoms with Crippen LogP contribution in [0.25, 0.3) is 0 Å². The number of anilines is 1. The van der Waals surface area contributed by atoms with E-state index in [-0.39, 0.29) is 10.9 Å². The topological polar surface area (TPSA) is 105 Å². The first kappa shape index (κ1) is 13.4. The molecule has 1 aromatic heterocycles. The molecule has 1 heterocycles. The van der Waals surface area contributed by atoms with Crippen molar-refractivity contribution in [3.63, 3.8) is 0 Å². The number of nitrogens with zero attached hydrogens (tertiary/aromatic N) is 2. The van der Waals surface area contributed by atoms with E-state index in [1.807, 2.05) is 0 Å². The fraction of sp³-hybridized carbons (Fsp3) is 0.556. The van der Waals surface area contributed by atoms with Crippen molar-refractivity contribution in [1.82, 2.24) is 4.98 Å². The van der Waals surface area contributed by atoms with Gasteiger partial charge in [0, 0.05) is 6.54 Å². The van der Waals surface area contributed by atoms with E-state index in [9.17, 15) is 14.9 Å². The Bertz CT molecular complexity index is 407. The van der Waals surface area contributed by atoms with Gasteiger partial charge in [0.25, 0.3) is 0 Å². The van der Waals surface area contributed by atoms with Crippen LogP contribution in [-0.2, 0) is 4.79 Å². The highest BCUT2D eigenvalue weighted by Crippen LogP contribution is 2.24. The number of nitrogens with one attached hydrogen (secondary N) is 1. The highest BCUT2D eigenvalue weighted by molar-refractivity contribution is 7.18. The van der Waals surface area contributed by atoms with Crippen LogP contribution >= 0.6 is 11.3 Å². The first-order valence-electron chi connectivity index (χ1n) is 5.07. The fourth-order valence-electron chi connectivity index (χ4n) is 1.16. The third-order valence-electron chi connectivity index (χ3n) is 2.19. The Morgan fingerprint density at radius 1 is 1.76 bits per heavy atom. The number of nitro groups is 1. The SMILES string of the molecule is CC(CCCNc1ncc([N+](=O)[O-])s1)C(=O)O. The number of hydrogen-bond acceptors (Lipinski definition) is 6. The van der Waals surface area contributed by atoms with Crippen LogP contribution in [0, 0.1) is 16.0 Å². The molecule has 0 aromatic carbocycles. The van der Waals surface area contributed by atoms with Crippen molar-refractivity contribution >= 4 is 27.4 Å². The molecule has 1 unspecified atom stereocenters. The van der Waals surface area contributed by atoms with E-state index in [0.717, 1.165) is 11.3 Å². The lowest BCUT2D eigenvalue weighted by molar-refractivity contribution is -0.380. The van der Waals surface area contributed by atoms with Gasteiger partial charge in [0.15, 0.2) is 5.13 Å². The van der Waals surface area contributed by atoms with Gasteiger partial charge in [-0.15, -0.1) is 0 Å². The summed E-state index contributed by atoms with van der Waals surface area (Å²) in [5.74, 6) is -1.18. The minimum Gasteiger partial charge on any atom is -0.481 e. The van der Waals surface area contributed by atoms with Crippen molar-refractivity contribution in [3.05, 3.63) is 16.3 Å². The molecule has 0 radical (unpaired) electrons. The van der Waals surface area contributed by atoms with Crippen molar-refractivity contribution in [2.24, 2.45) is 5.92 Å². The molecule has 0 fully saturated rings. The van der Waals surface area contributed by atoms with Crippen LogP contribution in [0.5, 0.6) is 0 Å². The van der Waals surface area contributed by atoms with E-state index < -0.39 is 10.9 Å². The number of aliphatic carboxylic acids is 1. The summed E-state index contributed by atoms with van der Waals surface area (Å²) in [4.78, 5) is 24.3. The first-order chi connectivity index (χ1) is 8.00. The Kier molecular flexibility index (Phi) is 4.83. The van der Waals surface area contributed by atoms with E-state index in [0.29, 0.717) is 24.5 Å². The molecule has 2 N–H and O–H groups in total. The summed E-state index contributed by atoms with van der Waals surface area (Å²) in [5.41, 5.74) is 0. The van der Waals surface area contributed by atoms with Gasteiger partial charge >= 0.3 is 11.0 Å². The third kappa shape index (κ3) is 4.35. The van der Waals surface area contributed by atoms with Crippen molar-refractivity contribution < 1.29 is 14.8 Å². The van der Waals surface area contributed by atoms with E-state index in [1.165, 1.54) is 6.20 Å². The van der Waals surface area contributed by atoms with Gasteiger partial charge in [-0.3, -0.25) is 14.9 Å². The predicted molar refractivity (Wildman–Crippen MR) is 63.3 cm³/mol. The number of carboxylic acid groups (broad SMARTS) is 1. The lowest BCUT2D eigenvalue weighted by Gasteiger charge is -2.05. The third-order valence-corrected chi connectivity index (χ3v) is 3.09. The second kappa shape index (κ2) is 6.14. The number of hydrogen-bond donors (Lipinski definition) is 2. The van der Waals surface area contributed by atoms with Gasteiger partial charge in [-0.1, -0.05) is 6.92 Å². The molecule has 0 aliphatic rings. The maximum atomic E-state index is 10.5. The monoisotopic (exact) mass is 259 g/mol. The quantitative estimate of drug-likeness (QED) is 0.440. The molecule has 0 spiro atoms. The van der Waals surface area contributed by atoms with Gasteiger partial charge < -0.3 is 10.4 Å². The summed E-state index contributed by atoms with van der Waals surface area (Å²) < 4.78 is 0. The number of rotatable bonds is 7. The van der Waals surface area contributed by atoms with E-state index in [1.54, 1.807) is 6.92 Å². The van der Waals surface area contributed by atoms with Crippen LogP contribution in [-0.4, -0.2) is 27.5 Å². The molecule has 1 aromatic rings. The largest absolute Gasteiger partial charge is 0.481 e. The number of thiazole rings is 1. The van der Waals surface area contributed by atoms with Crippen molar-refractivity contribution in [2.45, 2.75) is 19.8 Å². The van der Waals surface area contributed by atoms with Gasteiger partial charge in [-0.2, -0.15) is 0 Å². The molecule has 1 atom stereocenters. The minimum absolute atomic E-state index is 0.00796. The van der Waals surface area contributed by atoms with Crippen LogP contribution in [0.3, 0.4) is 0 Å². The summed E-state index contributed by atoms with van der Waals surface area (Å²) >= 11 is 0.968. The normalized spacial score (nSPS) is 12.1. The Morgan fingerprint density at radius 3 is 3.00 bits per heavy atom. The van der Waals surface area contributed by atoms with Crippen molar-refractivity contribution in [1.29, 1.82) is 0 Å². The average Bonchev–Trinajstić information content (AvgIpc) is 2.72. The van der Waals surface area contributed by atoms with Crippen LogP contribution in [0.15, 0.2) is 6.20 Å². The van der Waals surface area contributed by atoms with Crippen LogP contribution in [0.1, 0.15) is 19.8 Å². The van der Waals surface area contributed by atoms with Crippen molar-refractivity contribution in [3.8, 4) is 0 Å². The molecule has 0 saturated heterocycles. The molecule has 0 amide bonds. The number of carboxylic acids is 1. The molecule has 8 heteroatoms. The molecule has 7 nitrogen and oxygen atoms in total. The van der Waals surface area contributed by atoms with Crippen LogP contribution < -0.4 is 5.32 Å².